The highest BCUT2D eigenvalue weighted by Gasteiger charge is 1.88. The summed E-state index contributed by atoms with van der Waals surface area (Å²) < 4.78 is 18.3. The Morgan fingerprint density at radius 1 is 1.25 bits per heavy atom. The molecule has 8 heavy (non-hydrogen) atoms. The zero-order valence-corrected chi connectivity index (χ0v) is 5.65. The fourth-order valence-corrected chi connectivity index (χ4v) is 0. The first-order valence-electron chi connectivity index (χ1n) is 1.04. The Balaban J connectivity index is 0. The monoisotopic (exact) mass is 176 g/mol. The van der Waals surface area contributed by atoms with Crippen molar-refractivity contribution in [2.45, 2.75) is 0 Å². The van der Waals surface area contributed by atoms with E-state index in [-0.39, 0.29) is 0 Å². The minimum atomic E-state index is -3.72. The lowest BCUT2D eigenvalue weighted by molar-refractivity contribution is 0.621. The molecule has 0 amide bonds. The molecule has 0 aliphatic rings. The van der Waals surface area contributed by atoms with Gasteiger partial charge in [-0.25, -0.2) is 0 Å². The number of hydrogen-bond acceptors (Lipinski definition) is 2. The quantitative estimate of drug-likeness (QED) is 0.243. The Morgan fingerprint density at radius 3 is 1.25 bits per heavy atom. The van der Waals surface area contributed by atoms with E-state index in [1.54, 1.807) is 0 Å². The van der Waals surface area contributed by atoms with E-state index in [4.69, 9.17) is 19.5 Å². The zero-order valence-electron chi connectivity index (χ0n) is 3.32. The zero-order chi connectivity index (χ0) is 7.21. The molecule has 0 atom stereocenters. The molecule has 0 unspecified atom stereocenters. The van der Waals surface area contributed by atoms with Crippen LogP contribution in [0.5, 0.6) is 0 Å². The first kappa shape index (κ1) is 10.8. The van der Waals surface area contributed by atoms with E-state index in [1.165, 1.54) is 4.91 Å². The Bertz CT molecular complexity index is 156. The molecule has 0 aromatic rings. The molecule has 0 bridgehead atoms. The summed E-state index contributed by atoms with van der Waals surface area (Å²) in [4.78, 5) is 1.50. The van der Waals surface area contributed by atoms with Crippen molar-refractivity contribution in [1.29, 1.82) is 0 Å². The second kappa shape index (κ2) is 4.99. The lowest BCUT2D eigenvalue weighted by Gasteiger charge is -1.61. The summed E-state index contributed by atoms with van der Waals surface area (Å²) in [7, 11) is 4.81. The van der Waals surface area contributed by atoms with Crippen LogP contribution in [0.3, 0.4) is 0 Å². The van der Waals surface area contributed by atoms with Crippen molar-refractivity contribution in [2.75, 3.05) is 0 Å². The van der Waals surface area contributed by atoms with Crippen molar-refractivity contribution in [2.24, 2.45) is 0 Å². The van der Waals surface area contributed by atoms with Crippen molar-refractivity contribution in [1.82, 2.24) is 0 Å². The largest absolute Gasteiger partial charge is 0.373 e. The van der Waals surface area contributed by atoms with Gasteiger partial charge in [-0.2, -0.15) is 8.42 Å². The van der Waals surface area contributed by atoms with Gasteiger partial charge in [0.15, 0.2) is 0 Å². The molecule has 0 radical (unpaired) electrons. The van der Waals surface area contributed by atoms with Gasteiger partial charge in [0, 0.05) is 21.4 Å². The Hall–Kier alpha value is -0.160. The van der Waals surface area contributed by atoms with E-state index < -0.39 is 8.26 Å². The Kier molecular flexibility index (Phi) is 6.70. The van der Waals surface area contributed by atoms with E-state index in [0.29, 0.717) is 0 Å². The number of rotatable bonds is 0. The number of halogens is 2. The minimum Gasteiger partial charge on any atom is -0.373 e. The summed E-state index contributed by atoms with van der Waals surface area (Å²) in [6.45, 7) is 0. The molecule has 0 aromatic heterocycles. The number of hydrogen-bond donors (Lipinski definition) is 0. The van der Waals surface area contributed by atoms with Crippen LogP contribution < -0.4 is 0 Å². The van der Waals surface area contributed by atoms with Gasteiger partial charge < -0.3 is 11.1 Å². The molecule has 0 aromatic carbocycles. The molecule has 0 aliphatic heterocycles. The van der Waals surface area contributed by atoms with Crippen LogP contribution >= 0.6 is 21.4 Å². The van der Waals surface area contributed by atoms with Crippen LogP contribution in [-0.2, 0) is 8.26 Å². The molecule has 0 rings (SSSR count). The van der Waals surface area contributed by atoms with Crippen molar-refractivity contribution in [3.63, 3.8) is 0 Å². The molecule has 0 N–H and O–H groups in total. The molecule has 8 heteroatoms. The predicted molar refractivity (Wildman–Crippen MR) is 30.7 cm³/mol. The van der Waals surface area contributed by atoms with Crippen molar-refractivity contribution >= 4 is 29.6 Å². The second-order valence-electron chi connectivity index (χ2n) is 0.468. The molecule has 0 fully saturated rings. The van der Waals surface area contributed by atoms with Gasteiger partial charge in [-0.3, -0.25) is 4.91 Å². The molecule has 0 saturated carbocycles. The maximum atomic E-state index is 9.16. The molecule has 0 spiro atoms. The van der Waals surface area contributed by atoms with Crippen LogP contribution in [-0.4, -0.2) is 8.42 Å². The normalized spacial score (nSPS) is 8.25. The third kappa shape index (κ3) is 5340. The molecule has 0 aliphatic carbocycles. The van der Waals surface area contributed by atoms with Gasteiger partial charge in [0.25, 0.3) is 0 Å². The van der Waals surface area contributed by atoms with Crippen molar-refractivity contribution in [3.05, 3.63) is 16.0 Å². The molecule has 0 heterocycles. The average molecular weight is 177 g/mol. The maximum Gasteiger partial charge on any atom is 0.317 e. The highest BCUT2D eigenvalue weighted by molar-refractivity contribution is 8.31. The summed E-state index contributed by atoms with van der Waals surface area (Å²) >= 11 is 0. The van der Waals surface area contributed by atoms with Gasteiger partial charge in [-0.1, -0.05) is 0 Å². The molecular weight excluding hydrogens is 177 g/mol. The Morgan fingerprint density at radius 2 is 1.25 bits per heavy atom. The summed E-state index contributed by atoms with van der Waals surface area (Å²) in [6, 6.07) is 0. The molecular formula is Cl2N3O2S-. The third-order valence-corrected chi connectivity index (χ3v) is 0. The van der Waals surface area contributed by atoms with E-state index >= 15 is 0 Å². The first-order chi connectivity index (χ1) is 3.41. The van der Waals surface area contributed by atoms with Crippen LogP contribution in [0.4, 0.5) is 0 Å². The summed E-state index contributed by atoms with van der Waals surface area (Å²) in [5.74, 6) is 0. The topological polar surface area (TPSA) is 92.8 Å². The molecule has 5 nitrogen and oxygen atoms in total. The van der Waals surface area contributed by atoms with Gasteiger partial charge in [0.1, 0.15) is 0 Å². The summed E-state index contributed by atoms with van der Waals surface area (Å²) in [5.41, 5.74) is 13.5. The highest BCUT2D eigenvalue weighted by Crippen LogP contribution is 1.98. The maximum absolute atomic E-state index is 9.16. The van der Waals surface area contributed by atoms with E-state index in [9.17, 15) is 0 Å². The Labute approximate surface area is 54.5 Å². The first-order valence-corrected chi connectivity index (χ1v) is 4.18. The lowest BCUT2D eigenvalue weighted by atomic mass is 13.0. The van der Waals surface area contributed by atoms with E-state index in [1.807, 2.05) is 0 Å². The third-order valence-electron chi connectivity index (χ3n) is 0. The van der Waals surface area contributed by atoms with E-state index in [2.05, 4.69) is 21.4 Å². The smallest absolute Gasteiger partial charge is 0.317 e. The summed E-state index contributed by atoms with van der Waals surface area (Å²) in [5, 5.41) is 0. The SMILES string of the molecule is O=S(=O)(Cl)Cl.[N-]=[N+]=[N-]. The molecule has 48 valence electrons. The summed E-state index contributed by atoms with van der Waals surface area (Å²) in [6.07, 6.45) is 0. The standard InChI is InChI=1S/Cl2O2S.N3/c1-5(2,3)4;1-3-2/q;-1. The van der Waals surface area contributed by atoms with Crippen LogP contribution in [0.25, 0.3) is 16.0 Å². The van der Waals surface area contributed by atoms with Crippen LogP contribution in [0.2, 0.25) is 0 Å². The van der Waals surface area contributed by atoms with Gasteiger partial charge >= 0.3 is 8.26 Å². The second-order valence-corrected chi connectivity index (χ2v) is 4.14. The van der Waals surface area contributed by atoms with Gasteiger partial charge in [0.2, 0.25) is 0 Å². The van der Waals surface area contributed by atoms with Crippen molar-refractivity contribution in [3.8, 4) is 0 Å². The fourth-order valence-electron chi connectivity index (χ4n) is 0. The van der Waals surface area contributed by atoms with E-state index in [0.717, 1.165) is 0 Å². The number of nitrogens with zero attached hydrogens (tertiary/aromatic N) is 3. The van der Waals surface area contributed by atoms with Crippen molar-refractivity contribution < 1.29 is 8.42 Å². The van der Waals surface area contributed by atoms with Crippen LogP contribution in [0.1, 0.15) is 0 Å². The molecule has 0 saturated heterocycles. The highest BCUT2D eigenvalue weighted by atomic mass is 36.0. The predicted octanol–water partition coefficient (Wildman–Crippen LogP) is 1.57. The van der Waals surface area contributed by atoms with Gasteiger partial charge in [-0.05, 0) is 0 Å². The van der Waals surface area contributed by atoms with Gasteiger partial charge in [0.05, 0.1) is 0 Å². The van der Waals surface area contributed by atoms with Gasteiger partial charge in [-0.15, -0.1) is 0 Å². The van der Waals surface area contributed by atoms with Crippen LogP contribution in [0, 0.1) is 0 Å². The van der Waals surface area contributed by atoms with Crippen LogP contribution in [0.15, 0.2) is 0 Å². The average Bonchev–Trinajstić information content (AvgIpc) is 1.27. The minimum absolute atomic E-state index is 1.50. The lowest BCUT2D eigenvalue weighted by Crippen LogP contribution is -1.63. The fraction of sp³-hybridized carbons (Fsp3) is 0.